The van der Waals surface area contributed by atoms with Crippen molar-refractivity contribution in [3.05, 3.63) is 98.3 Å². The molecule has 9 heteroatoms. The lowest BCUT2D eigenvalue weighted by Gasteiger charge is -2.23. The summed E-state index contributed by atoms with van der Waals surface area (Å²) in [6.45, 7) is 4.43. The maximum atomic E-state index is 12.2. The number of fused-ring (bicyclic) bond motifs is 1. The van der Waals surface area contributed by atoms with Gasteiger partial charge in [0, 0.05) is 11.6 Å². The lowest BCUT2D eigenvalue weighted by Crippen LogP contribution is -2.33. The maximum absolute atomic E-state index is 12.2. The van der Waals surface area contributed by atoms with Gasteiger partial charge in [0.05, 0.1) is 21.3 Å². The fourth-order valence-electron chi connectivity index (χ4n) is 4.52. The fourth-order valence-corrected chi connectivity index (χ4v) is 5.11. The van der Waals surface area contributed by atoms with E-state index in [9.17, 15) is 14.7 Å². The van der Waals surface area contributed by atoms with Crippen LogP contribution in [0.3, 0.4) is 0 Å². The molecule has 7 nitrogen and oxygen atoms in total. The highest BCUT2D eigenvalue weighted by Gasteiger charge is 2.39. The summed E-state index contributed by atoms with van der Waals surface area (Å²) in [5.41, 5.74) is 2.72. The Bertz CT molecular complexity index is 1590. The molecule has 2 unspecified atom stereocenters. The van der Waals surface area contributed by atoms with E-state index in [1.165, 1.54) is 0 Å². The Morgan fingerprint density at radius 3 is 2.37 bits per heavy atom. The van der Waals surface area contributed by atoms with E-state index in [0.717, 1.165) is 17.2 Å². The predicted octanol–water partition coefficient (Wildman–Crippen LogP) is 6.92. The van der Waals surface area contributed by atoms with Gasteiger partial charge in [0.25, 0.3) is 0 Å². The largest absolute Gasteiger partial charge is 0.493 e. The molecule has 2 heterocycles. The first-order valence-electron chi connectivity index (χ1n) is 12.0. The van der Waals surface area contributed by atoms with Gasteiger partial charge >= 0.3 is 5.97 Å². The number of benzene rings is 3. The third kappa shape index (κ3) is 4.99. The van der Waals surface area contributed by atoms with Gasteiger partial charge < -0.3 is 19.1 Å². The summed E-state index contributed by atoms with van der Waals surface area (Å²) in [4.78, 5) is 29.2. The Morgan fingerprint density at radius 2 is 1.71 bits per heavy atom. The van der Waals surface area contributed by atoms with Crippen LogP contribution in [0, 0.1) is 11.8 Å². The molecule has 0 aliphatic carbocycles. The molecular weight excluding hydrogens is 529 g/mol. The monoisotopic (exact) mass is 551 g/mol. The molecule has 1 aliphatic heterocycles. The van der Waals surface area contributed by atoms with Gasteiger partial charge in [0.15, 0.2) is 5.43 Å². The summed E-state index contributed by atoms with van der Waals surface area (Å²) in [5, 5.41) is 14.8. The molecule has 1 aromatic heterocycles. The molecule has 38 heavy (non-hydrogen) atoms. The number of halogens is 2. The molecule has 0 radical (unpaired) electrons. The minimum absolute atomic E-state index is 0.182. The zero-order valence-electron chi connectivity index (χ0n) is 20.5. The molecule has 3 aromatic carbocycles. The summed E-state index contributed by atoms with van der Waals surface area (Å²) in [6.07, 6.45) is -0.195. The van der Waals surface area contributed by atoms with Gasteiger partial charge in [-0.2, -0.15) is 0 Å². The second-order valence-corrected chi connectivity index (χ2v) is 10.1. The van der Waals surface area contributed by atoms with Gasteiger partial charge in [-0.15, -0.1) is 0 Å². The van der Waals surface area contributed by atoms with Crippen LogP contribution in [-0.4, -0.2) is 29.5 Å². The number of carbonyl (C=O) groups is 1. The first-order chi connectivity index (χ1) is 18.2. The molecule has 4 aromatic rings. The molecular formula is C29H23Cl2NO6. The van der Waals surface area contributed by atoms with Gasteiger partial charge in [0.1, 0.15) is 29.8 Å². The van der Waals surface area contributed by atoms with Crippen LogP contribution in [0.1, 0.15) is 30.0 Å². The summed E-state index contributed by atoms with van der Waals surface area (Å²) >= 11 is 12.9. The molecule has 1 aliphatic rings. The van der Waals surface area contributed by atoms with Crippen molar-refractivity contribution in [3.8, 4) is 16.9 Å². The Balaban J connectivity index is 1.36. The van der Waals surface area contributed by atoms with Gasteiger partial charge in [-0.05, 0) is 53.4 Å². The van der Waals surface area contributed by atoms with Crippen molar-refractivity contribution in [3.63, 3.8) is 0 Å². The van der Waals surface area contributed by atoms with Crippen molar-refractivity contribution in [2.45, 2.75) is 20.0 Å². The number of aromatic carboxylic acids is 1. The van der Waals surface area contributed by atoms with Gasteiger partial charge in [0.2, 0.25) is 5.76 Å². The van der Waals surface area contributed by atoms with E-state index in [0.29, 0.717) is 39.1 Å². The number of hydrogen-bond donors (Lipinski definition) is 1. The lowest BCUT2D eigenvalue weighted by atomic mass is 9.87. The Morgan fingerprint density at radius 1 is 1.03 bits per heavy atom. The standard InChI is InChI=1S/C29H23Cl2NO6/c1-15(2)28-20(27(32-38-28)26-21(30)4-3-5-22(26)31)14-36-18-9-6-16(7-10-18)17-8-11-19-23(33)13-25(29(34)35)37-24(19)12-17/h3-13,15,20,28H,14H2,1-2H3,(H,34,35). The van der Waals surface area contributed by atoms with E-state index in [1.807, 2.05) is 24.3 Å². The van der Waals surface area contributed by atoms with Crippen LogP contribution in [0.5, 0.6) is 5.75 Å². The highest BCUT2D eigenvalue weighted by atomic mass is 35.5. The van der Waals surface area contributed by atoms with Crippen LogP contribution in [0.2, 0.25) is 10.0 Å². The maximum Gasteiger partial charge on any atom is 0.371 e. The zero-order valence-corrected chi connectivity index (χ0v) is 22.0. The van der Waals surface area contributed by atoms with Crippen LogP contribution < -0.4 is 10.2 Å². The number of carboxylic acids is 1. The lowest BCUT2D eigenvalue weighted by molar-refractivity contribution is 0.0178. The molecule has 2 atom stereocenters. The molecule has 0 saturated heterocycles. The smallest absolute Gasteiger partial charge is 0.371 e. The molecule has 1 N–H and O–H groups in total. The summed E-state index contributed by atoms with van der Waals surface area (Å²) in [6, 6.07) is 18.8. The number of hydrogen-bond acceptors (Lipinski definition) is 6. The minimum atomic E-state index is -1.30. The van der Waals surface area contributed by atoms with Crippen molar-refractivity contribution in [2.75, 3.05) is 6.61 Å². The summed E-state index contributed by atoms with van der Waals surface area (Å²) in [5.74, 6) is -1.05. The van der Waals surface area contributed by atoms with Crippen LogP contribution in [0.25, 0.3) is 22.1 Å². The number of nitrogens with zero attached hydrogens (tertiary/aromatic N) is 1. The molecule has 5 rings (SSSR count). The number of oxime groups is 1. The van der Waals surface area contributed by atoms with Crippen molar-refractivity contribution in [2.24, 2.45) is 17.0 Å². The average Bonchev–Trinajstić information content (AvgIpc) is 3.31. The third-order valence-corrected chi connectivity index (χ3v) is 7.08. The van der Waals surface area contributed by atoms with Crippen molar-refractivity contribution < 1.29 is 23.9 Å². The fraction of sp³-hybridized carbons (Fsp3) is 0.207. The van der Waals surface area contributed by atoms with E-state index in [2.05, 4.69) is 19.0 Å². The minimum Gasteiger partial charge on any atom is -0.493 e. The second-order valence-electron chi connectivity index (χ2n) is 9.32. The summed E-state index contributed by atoms with van der Waals surface area (Å²) < 4.78 is 11.6. The number of carboxylic acid groups (broad SMARTS) is 1. The SMILES string of the molecule is CC(C)C1ON=C(c2c(Cl)cccc2Cl)C1COc1ccc(-c2ccc3c(=O)cc(C(=O)O)oc3c2)cc1. The van der Waals surface area contributed by atoms with E-state index in [1.54, 1.807) is 36.4 Å². The van der Waals surface area contributed by atoms with Crippen molar-refractivity contribution >= 4 is 45.9 Å². The molecule has 0 spiro atoms. The quantitative estimate of drug-likeness (QED) is 0.267. The number of rotatable bonds is 7. The molecule has 194 valence electrons. The van der Waals surface area contributed by atoms with Gasteiger partial charge in [-0.3, -0.25) is 4.79 Å². The number of ether oxygens (including phenoxy) is 1. The average molecular weight is 552 g/mol. The van der Waals surface area contributed by atoms with Crippen LogP contribution in [0.4, 0.5) is 0 Å². The zero-order chi connectivity index (χ0) is 27.0. The normalized spacial score (nSPS) is 16.9. The van der Waals surface area contributed by atoms with Crippen LogP contribution in [-0.2, 0) is 4.84 Å². The van der Waals surface area contributed by atoms with Gasteiger partial charge in [-0.25, -0.2) is 4.79 Å². The Labute approximate surface area is 228 Å². The van der Waals surface area contributed by atoms with E-state index in [-0.39, 0.29) is 23.5 Å². The Kier molecular flexibility index (Phi) is 7.15. The first-order valence-corrected chi connectivity index (χ1v) is 12.7. The van der Waals surface area contributed by atoms with Crippen LogP contribution in [0.15, 0.2) is 81.1 Å². The molecule has 0 bridgehead atoms. The molecule has 0 amide bonds. The van der Waals surface area contributed by atoms with Crippen molar-refractivity contribution in [1.82, 2.24) is 0 Å². The van der Waals surface area contributed by atoms with Crippen molar-refractivity contribution in [1.29, 1.82) is 0 Å². The molecule has 0 saturated carbocycles. The second kappa shape index (κ2) is 10.5. The highest BCUT2D eigenvalue weighted by Crippen LogP contribution is 2.35. The highest BCUT2D eigenvalue weighted by molar-refractivity contribution is 6.40. The Hall–Kier alpha value is -3.81. The van der Waals surface area contributed by atoms with E-state index >= 15 is 0 Å². The van der Waals surface area contributed by atoms with E-state index < -0.39 is 17.2 Å². The topological polar surface area (TPSA) is 98.3 Å². The van der Waals surface area contributed by atoms with Gasteiger partial charge in [-0.1, -0.05) is 66.5 Å². The van der Waals surface area contributed by atoms with Crippen LogP contribution >= 0.6 is 23.2 Å². The summed E-state index contributed by atoms with van der Waals surface area (Å²) in [7, 11) is 0. The first kappa shape index (κ1) is 25.8. The molecule has 0 fully saturated rings. The van der Waals surface area contributed by atoms with E-state index in [4.69, 9.17) is 37.2 Å². The third-order valence-electron chi connectivity index (χ3n) is 6.45. The predicted molar refractivity (Wildman–Crippen MR) is 147 cm³/mol.